The molecule has 1 unspecified atom stereocenters. The molecule has 1 aliphatic heterocycles. The lowest BCUT2D eigenvalue weighted by atomic mass is 9.93. The van der Waals surface area contributed by atoms with Gasteiger partial charge in [0.15, 0.2) is 0 Å². The molecule has 3 atom stereocenters. The first-order chi connectivity index (χ1) is 13.7. The van der Waals surface area contributed by atoms with Gasteiger partial charge in [0.2, 0.25) is 0 Å². The zero-order chi connectivity index (χ0) is 19.3. The minimum Gasteiger partial charge on any atom is -0.497 e. The van der Waals surface area contributed by atoms with Crippen molar-refractivity contribution in [3.63, 3.8) is 0 Å². The summed E-state index contributed by atoms with van der Waals surface area (Å²) in [5, 5.41) is 10.5. The minimum absolute atomic E-state index is 0.250. The first kappa shape index (κ1) is 19.3. The summed E-state index contributed by atoms with van der Waals surface area (Å²) < 4.78 is 5.31. The Kier molecular flexibility index (Phi) is 6.20. The molecule has 0 amide bonds. The van der Waals surface area contributed by atoms with Crippen LogP contribution in [0.3, 0.4) is 0 Å². The molecule has 1 heterocycles. The normalized spacial score (nSPS) is 20.4. The molecule has 1 fully saturated rings. The fraction of sp³-hybridized carbons (Fsp3) is 0.333. The van der Waals surface area contributed by atoms with Crippen molar-refractivity contribution in [1.82, 2.24) is 10.6 Å². The lowest BCUT2D eigenvalue weighted by molar-refractivity contribution is 0.414. The summed E-state index contributed by atoms with van der Waals surface area (Å²) in [7, 11) is 1.71. The summed E-state index contributed by atoms with van der Waals surface area (Å²) in [6.45, 7) is 1.94. The lowest BCUT2D eigenvalue weighted by Crippen LogP contribution is -2.36. The maximum atomic E-state index is 5.31. The molecule has 1 saturated heterocycles. The van der Waals surface area contributed by atoms with Crippen molar-refractivity contribution in [2.75, 3.05) is 20.2 Å². The highest BCUT2D eigenvalue weighted by Crippen LogP contribution is 2.28. The highest BCUT2D eigenvalue weighted by Gasteiger charge is 2.23. The molecule has 0 aliphatic carbocycles. The Bertz CT molecular complexity index is 907. The number of thiol groups is 1. The standard InChI is InChI=1S/C24H28N2OS/c1-27-20-11-9-17(10-12-20)13-24(26-15-19-14-21(28)16-25-19)23-8-4-6-18-5-2-3-7-22(18)23/h2-12,19,21,24-26,28H,13-16H2,1H3/t19-,21?,24-/m0/s1. The molecule has 4 heteroatoms. The van der Waals surface area contributed by atoms with Crippen molar-refractivity contribution in [2.45, 2.75) is 30.2 Å². The van der Waals surface area contributed by atoms with Crippen LogP contribution in [-0.4, -0.2) is 31.5 Å². The average molecular weight is 393 g/mol. The Hall–Kier alpha value is -2.01. The quantitative estimate of drug-likeness (QED) is 0.522. The van der Waals surface area contributed by atoms with Crippen LogP contribution in [0.25, 0.3) is 10.8 Å². The monoisotopic (exact) mass is 392 g/mol. The summed E-state index contributed by atoms with van der Waals surface area (Å²) in [5.41, 5.74) is 2.66. The fourth-order valence-corrected chi connectivity index (χ4v) is 4.44. The van der Waals surface area contributed by atoms with Crippen molar-refractivity contribution in [3.05, 3.63) is 77.9 Å². The molecule has 0 radical (unpaired) electrons. The number of rotatable bonds is 7. The van der Waals surface area contributed by atoms with Gasteiger partial charge in [-0.1, -0.05) is 54.6 Å². The molecule has 0 saturated carbocycles. The Morgan fingerprint density at radius 3 is 2.61 bits per heavy atom. The van der Waals surface area contributed by atoms with Gasteiger partial charge in [0.25, 0.3) is 0 Å². The predicted molar refractivity (Wildman–Crippen MR) is 121 cm³/mol. The van der Waals surface area contributed by atoms with E-state index in [1.165, 1.54) is 21.9 Å². The van der Waals surface area contributed by atoms with E-state index in [-0.39, 0.29) is 6.04 Å². The highest BCUT2D eigenvalue weighted by molar-refractivity contribution is 7.81. The number of benzene rings is 3. The first-order valence-electron chi connectivity index (χ1n) is 9.98. The van der Waals surface area contributed by atoms with E-state index in [0.717, 1.165) is 31.7 Å². The van der Waals surface area contributed by atoms with Gasteiger partial charge in [-0.15, -0.1) is 0 Å². The van der Waals surface area contributed by atoms with Crippen molar-refractivity contribution >= 4 is 23.4 Å². The van der Waals surface area contributed by atoms with E-state index in [1.54, 1.807) is 7.11 Å². The summed E-state index contributed by atoms with van der Waals surface area (Å²) in [6, 6.07) is 24.4. The maximum absolute atomic E-state index is 5.31. The molecule has 0 aromatic heterocycles. The molecule has 146 valence electrons. The smallest absolute Gasteiger partial charge is 0.118 e. The van der Waals surface area contributed by atoms with Crippen LogP contribution in [0.5, 0.6) is 5.75 Å². The third-order valence-electron chi connectivity index (χ3n) is 5.61. The summed E-state index contributed by atoms with van der Waals surface area (Å²) in [5.74, 6) is 0.897. The number of hydrogen-bond donors (Lipinski definition) is 3. The van der Waals surface area contributed by atoms with Crippen LogP contribution in [0.15, 0.2) is 66.7 Å². The number of ether oxygens (including phenoxy) is 1. The third kappa shape index (κ3) is 4.52. The molecule has 3 nitrogen and oxygen atoms in total. The second kappa shape index (κ2) is 8.99. The third-order valence-corrected chi connectivity index (χ3v) is 6.00. The zero-order valence-electron chi connectivity index (χ0n) is 16.3. The van der Waals surface area contributed by atoms with E-state index >= 15 is 0 Å². The summed E-state index contributed by atoms with van der Waals surface area (Å²) >= 11 is 4.61. The number of hydrogen-bond acceptors (Lipinski definition) is 4. The molecule has 4 rings (SSSR count). The Morgan fingerprint density at radius 1 is 1.07 bits per heavy atom. The van der Waals surface area contributed by atoms with Crippen LogP contribution in [0.2, 0.25) is 0 Å². The average Bonchev–Trinajstić information content (AvgIpc) is 3.16. The van der Waals surface area contributed by atoms with Gasteiger partial charge in [0.05, 0.1) is 7.11 Å². The van der Waals surface area contributed by atoms with Crippen LogP contribution in [0.1, 0.15) is 23.6 Å². The predicted octanol–water partition coefficient (Wildman–Crippen LogP) is 4.38. The van der Waals surface area contributed by atoms with E-state index in [0.29, 0.717) is 11.3 Å². The zero-order valence-corrected chi connectivity index (χ0v) is 17.2. The van der Waals surface area contributed by atoms with Crippen LogP contribution in [0, 0.1) is 0 Å². The molecule has 1 aliphatic rings. The van der Waals surface area contributed by atoms with Crippen LogP contribution < -0.4 is 15.4 Å². The van der Waals surface area contributed by atoms with Gasteiger partial charge < -0.3 is 15.4 Å². The second-order valence-corrected chi connectivity index (χ2v) is 8.31. The van der Waals surface area contributed by atoms with E-state index < -0.39 is 0 Å². The van der Waals surface area contributed by atoms with E-state index in [9.17, 15) is 0 Å². The molecule has 3 aromatic rings. The van der Waals surface area contributed by atoms with Gasteiger partial charge in [0.1, 0.15) is 5.75 Å². The molecule has 0 spiro atoms. The molecular weight excluding hydrogens is 364 g/mol. The van der Waals surface area contributed by atoms with Crippen LogP contribution in [0.4, 0.5) is 0 Å². The minimum atomic E-state index is 0.250. The van der Waals surface area contributed by atoms with Gasteiger partial charge in [-0.25, -0.2) is 0 Å². The number of fused-ring (bicyclic) bond motifs is 1. The molecule has 2 N–H and O–H groups in total. The Balaban J connectivity index is 1.59. The molecule has 0 bridgehead atoms. The first-order valence-corrected chi connectivity index (χ1v) is 10.5. The highest BCUT2D eigenvalue weighted by atomic mass is 32.1. The van der Waals surface area contributed by atoms with Gasteiger partial charge in [-0.2, -0.15) is 12.6 Å². The lowest BCUT2D eigenvalue weighted by Gasteiger charge is -2.23. The SMILES string of the molecule is COc1ccc(C[C@H](NC[C@@H]2CC(S)CN2)c2cccc3ccccc23)cc1. The van der Waals surface area contributed by atoms with Gasteiger partial charge in [-0.3, -0.25) is 0 Å². The van der Waals surface area contributed by atoms with Crippen LogP contribution >= 0.6 is 12.6 Å². The molecule has 3 aromatic carbocycles. The Labute approximate surface area is 172 Å². The summed E-state index contributed by atoms with van der Waals surface area (Å²) in [4.78, 5) is 0. The Morgan fingerprint density at radius 2 is 1.86 bits per heavy atom. The fourth-order valence-electron chi connectivity index (χ4n) is 4.08. The largest absolute Gasteiger partial charge is 0.497 e. The van der Waals surface area contributed by atoms with Crippen molar-refractivity contribution in [1.29, 1.82) is 0 Å². The van der Waals surface area contributed by atoms with Gasteiger partial charge >= 0.3 is 0 Å². The topological polar surface area (TPSA) is 33.3 Å². The maximum Gasteiger partial charge on any atom is 0.118 e. The molecular formula is C24H28N2OS. The van der Waals surface area contributed by atoms with E-state index in [2.05, 4.69) is 77.9 Å². The molecule has 28 heavy (non-hydrogen) atoms. The van der Waals surface area contributed by atoms with Crippen LogP contribution in [-0.2, 0) is 6.42 Å². The van der Waals surface area contributed by atoms with Crippen molar-refractivity contribution < 1.29 is 4.74 Å². The van der Waals surface area contributed by atoms with E-state index in [1.807, 2.05) is 12.1 Å². The van der Waals surface area contributed by atoms with Crippen molar-refractivity contribution in [2.24, 2.45) is 0 Å². The number of nitrogens with one attached hydrogen (secondary N) is 2. The van der Waals surface area contributed by atoms with E-state index in [4.69, 9.17) is 4.74 Å². The number of methoxy groups -OCH3 is 1. The second-order valence-electron chi connectivity index (χ2n) is 7.58. The summed E-state index contributed by atoms with van der Waals surface area (Å²) in [6.07, 6.45) is 2.05. The van der Waals surface area contributed by atoms with Crippen molar-refractivity contribution in [3.8, 4) is 5.75 Å². The van der Waals surface area contributed by atoms with Gasteiger partial charge in [0, 0.05) is 30.4 Å². The van der Waals surface area contributed by atoms with Gasteiger partial charge in [-0.05, 0) is 46.9 Å².